The van der Waals surface area contributed by atoms with Crippen molar-refractivity contribution in [2.45, 2.75) is 6.42 Å². The Morgan fingerprint density at radius 3 is 3.05 bits per heavy atom. The van der Waals surface area contributed by atoms with Crippen LogP contribution in [0.25, 0.3) is 0 Å². The third kappa shape index (κ3) is 3.45. The monoisotopic (exact) mass is 278 g/mol. The van der Waals surface area contributed by atoms with Crippen molar-refractivity contribution < 1.29 is 14.3 Å². The number of methoxy groups -OCH3 is 1. The van der Waals surface area contributed by atoms with Crippen molar-refractivity contribution >= 4 is 23.3 Å². The van der Waals surface area contributed by atoms with E-state index in [0.717, 1.165) is 0 Å². The van der Waals surface area contributed by atoms with Crippen LogP contribution in [0.3, 0.4) is 0 Å². The summed E-state index contributed by atoms with van der Waals surface area (Å²) < 4.78 is 4.94. The van der Waals surface area contributed by atoms with Gasteiger partial charge in [-0.3, -0.25) is 9.59 Å². The molecule has 1 saturated heterocycles. The Bertz CT molecular complexity index is 489. The maximum atomic E-state index is 12.1. The van der Waals surface area contributed by atoms with Crippen LogP contribution in [0, 0.1) is 5.92 Å². The second-order valence-corrected chi connectivity index (χ2v) is 4.69. The number of nitrogens with one attached hydrogen (secondary N) is 1. The van der Waals surface area contributed by atoms with Crippen LogP contribution in [-0.4, -0.2) is 48.5 Å². The molecule has 2 rings (SSSR count). The summed E-state index contributed by atoms with van der Waals surface area (Å²) in [5, 5.41) is 2.74. The molecular weight excluding hydrogens is 260 g/mol. The molecule has 0 saturated carbocycles. The lowest BCUT2D eigenvalue weighted by Crippen LogP contribution is -2.30. The molecule has 3 N–H and O–H groups in total. The van der Waals surface area contributed by atoms with Crippen LogP contribution in [0.1, 0.15) is 6.42 Å². The zero-order chi connectivity index (χ0) is 14.5. The molecule has 0 spiro atoms. The van der Waals surface area contributed by atoms with Crippen molar-refractivity contribution in [2.24, 2.45) is 5.92 Å². The number of carbonyl (C=O) groups is 2. The third-order valence-corrected chi connectivity index (χ3v) is 3.20. The molecule has 1 fully saturated rings. The van der Waals surface area contributed by atoms with Crippen LogP contribution in [0.15, 0.2) is 18.3 Å². The minimum Gasteiger partial charge on any atom is -0.384 e. The fraction of sp³-hybridized carbons (Fsp3) is 0.462. The number of hydrogen-bond acceptors (Lipinski definition) is 5. The van der Waals surface area contributed by atoms with Gasteiger partial charge in [-0.05, 0) is 12.1 Å². The minimum atomic E-state index is -0.336. The number of nitrogens with zero attached hydrogens (tertiary/aromatic N) is 2. The maximum Gasteiger partial charge on any atom is 0.229 e. The molecule has 0 aromatic carbocycles. The van der Waals surface area contributed by atoms with Crippen LogP contribution >= 0.6 is 0 Å². The zero-order valence-corrected chi connectivity index (χ0v) is 11.3. The molecule has 0 unspecified atom stereocenters. The topological polar surface area (TPSA) is 97.6 Å². The number of ether oxygens (including phenoxy) is 1. The smallest absolute Gasteiger partial charge is 0.229 e. The highest BCUT2D eigenvalue weighted by molar-refractivity contribution is 5.97. The highest BCUT2D eigenvalue weighted by Crippen LogP contribution is 2.19. The Kier molecular flexibility index (Phi) is 4.52. The van der Waals surface area contributed by atoms with Gasteiger partial charge in [-0.25, -0.2) is 4.98 Å². The number of nitrogens with two attached hydrogens (primary N) is 1. The Labute approximate surface area is 117 Å². The molecule has 1 atom stereocenters. The SMILES string of the molecule is COCCN1C[C@H](C(=O)Nc2ccc(N)nc2)CC1=O. The van der Waals surface area contributed by atoms with Crippen LogP contribution in [0.5, 0.6) is 0 Å². The van der Waals surface area contributed by atoms with Crippen molar-refractivity contribution in [1.29, 1.82) is 0 Å². The van der Waals surface area contributed by atoms with E-state index in [1.807, 2.05) is 0 Å². The van der Waals surface area contributed by atoms with Gasteiger partial charge in [-0.1, -0.05) is 0 Å². The van der Waals surface area contributed by atoms with E-state index in [0.29, 0.717) is 31.2 Å². The van der Waals surface area contributed by atoms with Crippen LogP contribution in [-0.2, 0) is 14.3 Å². The predicted molar refractivity (Wildman–Crippen MR) is 73.8 cm³/mol. The van der Waals surface area contributed by atoms with Crippen molar-refractivity contribution in [3.05, 3.63) is 18.3 Å². The lowest BCUT2D eigenvalue weighted by Gasteiger charge is -2.15. The van der Waals surface area contributed by atoms with E-state index in [1.54, 1.807) is 24.1 Å². The predicted octanol–water partition coefficient (Wildman–Crippen LogP) is 0.0972. The van der Waals surface area contributed by atoms with E-state index in [-0.39, 0.29) is 24.2 Å². The number of carbonyl (C=O) groups excluding carboxylic acids is 2. The lowest BCUT2D eigenvalue weighted by atomic mass is 10.1. The largest absolute Gasteiger partial charge is 0.384 e. The Hall–Kier alpha value is -2.15. The summed E-state index contributed by atoms with van der Waals surface area (Å²) in [5.74, 6) is -0.135. The number of aromatic nitrogens is 1. The van der Waals surface area contributed by atoms with Gasteiger partial charge in [0.05, 0.1) is 24.4 Å². The molecule has 0 bridgehead atoms. The molecule has 7 heteroatoms. The van der Waals surface area contributed by atoms with Gasteiger partial charge < -0.3 is 20.7 Å². The number of likely N-dealkylation sites (tertiary alicyclic amines) is 1. The summed E-state index contributed by atoms with van der Waals surface area (Å²) in [6.07, 6.45) is 1.73. The van der Waals surface area contributed by atoms with E-state index in [1.165, 1.54) is 6.20 Å². The van der Waals surface area contributed by atoms with Crippen molar-refractivity contribution in [3.8, 4) is 0 Å². The number of anilines is 2. The van der Waals surface area contributed by atoms with E-state index in [4.69, 9.17) is 10.5 Å². The van der Waals surface area contributed by atoms with Gasteiger partial charge in [-0.2, -0.15) is 0 Å². The Morgan fingerprint density at radius 1 is 1.60 bits per heavy atom. The fourth-order valence-corrected chi connectivity index (χ4v) is 2.09. The summed E-state index contributed by atoms with van der Waals surface area (Å²) in [6, 6.07) is 3.29. The number of pyridine rings is 1. The second kappa shape index (κ2) is 6.33. The van der Waals surface area contributed by atoms with E-state index in [2.05, 4.69) is 10.3 Å². The quantitative estimate of drug-likeness (QED) is 0.796. The summed E-state index contributed by atoms with van der Waals surface area (Å²) >= 11 is 0. The summed E-state index contributed by atoms with van der Waals surface area (Å²) in [4.78, 5) is 29.4. The zero-order valence-electron chi connectivity index (χ0n) is 11.3. The lowest BCUT2D eigenvalue weighted by molar-refractivity contribution is -0.128. The van der Waals surface area contributed by atoms with Gasteiger partial charge in [0.1, 0.15) is 5.82 Å². The molecule has 1 aliphatic rings. The number of rotatable bonds is 5. The van der Waals surface area contributed by atoms with E-state index >= 15 is 0 Å². The second-order valence-electron chi connectivity index (χ2n) is 4.69. The van der Waals surface area contributed by atoms with Crippen LogP contribution in [0.4, 0.5) is 11.5 Å². The maximum absolute atomic E-state index is 12.1. The van der Waals surface area contributed by atoms with Crippen molar-refractivity contribution in [3.63, 3.8) is 0 Å². The van der Waals surface area contributed by atoms with Gasteiger partial charge in [0.25, 0.3) is 0 Å². The van der Waals surface area contributed by atoms with Gasteiger partial charge in [0, 0.05) is 26.6 Å². The fourth-order valence-electron chi connectivity index (χ4n) is 2.09. The first kappa shape index (κ1) is 14.3. The average Bonchev–Trinajstić information content (AvgIpc) is 2.80. The van der Waals surface area contributed by atoms with Crippen molar-refractivity contribution in [2.75, 3.05) is 37.9 Å². The average molecular weight is 278 g/mol. The molecule has 1 aliphatic heterocycles. The molecule has 1 aromatic heterocycles. The standard InChI is InChI=1S/C13H18N4O3/c1-20-5-4-17-8-9(6-12(17)18)13(19)16-10-2-3-11(14)15-7-10/h2-3,7,9H,4-6,8H2,1H3,(H2,14,15)(H,16,19)/t9-/m1/s1. The van der Waals surface area contributed by atoms with Crippen molar-refractivity contribution in [1.82, 2.24) is 9.88 Å². The number of nitrogen functional groups attached to an aromatic ring is 1. The molecule has 108 valence electrons. The number of amides is 2. The first-order chi connectivity index (χ1) is 9.60. The van der Waals surface area contributed by atoms with E-state index in [9.17, 15) is 9.59 Å². The highest BCUT2D eigenvalue weighted by Gasteiger charge is 2.33. The summed E-state index contributed by atoms with van der Waals surface area (Å²) in [7, 11) is 1.58. The van der Waals surface area contributed by atoms with Gasteiger partial charge in [0.15, 0.2) is 0 Å². The molecule has 2 amide bonds. The highest BCUT2D eigenvalue weighted by atomic mass is 16.5. The molecule has 2 heterocycles. The van der Waals surface area contributed by atoms with Crippen LogP contribution in [0.2, 0.25) is 0 Å². The number of hydrogen-bond donors (Lipinski definition) is 2. The molecule has 0 aliphatic carbocycles. The third-order valence-electron chi connectivity index (χ3n) is 3.20. The summed E-state index contributed by atoms with van der Waals surface area (Å²) in [6.45, 7) is 1.42. The molecular formula is C13H18N4O3. The minimum absolute atomic E-state index is 0.0161. The first-order valence-corrected chi connectivity index (χ1v) is 6.39. The van der Waals surface area contributed by atoms with Gasteiger partial charge in [-0.15, -0.1) is 0 Å². The Morgan fingerprint density at radius 2 is 2.40 bits per heavy atom. The summed E-state index contributed by atoms with van der Waals surface area (Å²) in [5.41, 5.74) is 6.05. The first-order valence-electron chi connectivity index (χ1n) is 6.39. The van der Waals surface area contributed by atoms with E-state index < -0.39 is 0 Å². The Balaban J connectivity index is 1.90. The normalized spacial score (nSPS) is 18.4. The molecule has 1 aromatic rings. The molecule has 20 heavy (non-hydrogen) atoms. The van der Waals surface area contributed by atoms with Crippen LogP contribution < -0.4 is 11.1 Å². The molecule has 7 nitrogen and oxygen atoms in total. The van der Waals surface area contributed by atoms with Gasteiger partial charge >= 0.3 is 0 Å². The molecule has 0 radical (unpaired) electrons. The van der Waals surface area contributed by atoms with Gasteiger partial charge in [0.2, 0.25) is 11.8 Å².